The van der Waals surface area contributed by atoms with E-state index in [1.807, 2.05) is 12.1 Å². The van der Waals surface area contributed by atoms with Gasteiger partial charge < -0.3 is 5.11 Å². The highest BCUT2D eigenvalue weighted by molar-refractivity contribution is 5.89. The van der Waals surface area contributed by atoms with Crippen molar-refractivity contribution in [1.29, 1.82) is 0 Å². The first kappa shape index (κ1) is 15.2. The molecule has 26 heavy (non-hydrogen) atoms. The number of rotatable bonds is 1. The van der Waals surface area contributed by atoms with Crippen molar-refractivity contribution in [2.45, 2.75) is 19.3 Å². The lowest BCUT2D eigenvalue weighted by atomic mass is 9.81. The van der Waals surface area contributed by atoms with Crippen molar-refractivity contribution in [2.24, 2.45) is 0 Å². The second kappa shape index (κ2) is 5.22. The molecule has 0 saturated heterocycles. The van der Waals surface area contributed by atoms with Crippen LogP contribution >= 0.6 is 0 Å². The van der Waals surface area contributed by atoms with Gasteiger partial charge in [0.1, 0.15) is 5.75 Å². The molecule has 1 nitrogen and oxygen atoms in total. The van der Waals surface area contributed by atoms with Crippen LogP contribution < -0.4 is 0 Å². The molecule has 1 aliphatic carbocycles. The molecular formula is C25H20O. The maximum absolute atomic E-state index is 9.79. The molecule has 1 N–H and O–H groups in total. The van der Waals surface area contributed by atoms with Crippen molar-refractivity contribution in [3.8, 4) is 28.0 Å². The predicted molar refractivity (Wildman–Crippen MR) is 109 cm³/mol. The van der Waals surface area contributed by atoms with E-state index in [1.165, 1.54) is 33.4 Å². The number of hydrogen-bond acceptors (Lipinski definition) is 1. The van der Waals surface area contributed by atoms with Crippen molar-refractivity contribution in [1.82, 2.24) is 0 Å². The maximum Gasteiger partial charge on any atom is 0.116 e. The molecule has 0 radical (unpaired) electrons. The third kappa shape index (κ3) is 2.10. The molecule has 5 rings (SSSR count). The first-order valence-electron chi connectivity index (χ1n) is 9.02. The number of fused-ring (bicyclic) bond motifs is 4. The number of phenolic OH excluding ortho intramolecular Hbond substituents is 1. The molecule has 4 aromatic rings. The quantitative estimate of drug-likeness (QED) is 0.419. The summed E-state index contributed by atoms with van der Waals surface area (Å²) >= 11 is 0. The number of aromatic hydroxyl groups is 1. The molecule has 0 fully saturated rings. The fourth-order valence-corrected chi connectivity index (χ4v) is 4.30. The van der Waals surface area contributed by atoms with Gasteiger partial charge in [-0.1, -0.05) is 68.4 Å². The molecule has 0 saturated carbocycles. The lowest BCUT2D eigenvalue weighted by Gasteiger charge is -2.22. The Morgan fingerprint density at radius 3 is 2.19 bits per heavy atom. The third-order valence-corrected chi connectivity index (χ3v) is 5.74. The molecule has 0 atom stereocenters. The van der Waals surface area contributed by atoms with Crippen molar-refractivity contribution < 1.29 is 5.11 Å². The van der Waals surface area contributed by atoms with Gasteiger partial charge in [-0.2, -0.15) is 0 Å². The summed E-state index contributed by atoms with van der Waals surface area (Å²) in [5.41, 5.74) is 7.88. The van der Waals surface area contributed by atoms with E-state index in [2.05, 4.69) is 74.5 Å². The van der Waals surface area contributed by atoms with Crippen molar-refractivity contribution in [3.63, 3.8) is 0 Å². The zero-order chi connectivity index (χ0) is 17.9. The summed E-state index contributed by atoms with van der Waals surface area (Å²) in [7, 11) is 0. The standard InChI is InChI=1S/C25H20O/c1-25(2)23-6-4-3-5-21(23)22-12-10-18(15-24(22)25)17-8-7-16-9-11-20(26)14-19(16)13-17/h3-15,26H,1-2H3. The minimum Gasteiger partial charge on any atom is -0.508 e. The van der Waals surface area contributed by atoms with E-state index in [-0.39, 0.29) is 5.41 Å². The highest BCUT2D eigenvalue weighted by Crippen LogP contribution is 2.49. The van der Waals surface area contributed by atoms with E-state index in [0.29, 0.717) is 5.75 Å². The van der Waals surface area contributed by atoms with E-state index in [0.717, 1.165) is 10.8 Å². The zero-order valence-corrected chi connectivity index (χ0v) is 15.0. The Hall–Kier alpha value is -3.06. The second-order valence-electron chi connectivity index (χ2n) is 7.68. The Kier molecular flexibility index (Phi) is 3.05. The SMILES string of the molecule is CC1(C)c2ccccc2-c2ccc(-c3ccc4ccc(O)cc4c3)cc21. The topological polar surface area (TPSA) is 20.2 Å². The van der Waals surface area contributed by atoms with Crippen LogP contribution in [0.15, 0.2) is 78.9 Å². The predicted octanol–water partition coefficient (Wildman–Crippen LogP) is 6.52. The highest BCUT2D eigenvalue weighted by atomic mass is 16.3. The Morgan fingerprint density at radius 2 is 1.31 bits per heavy atom. The molecule has 0 unspecified atom stereocenters. The van der Waals surface area contributed by atoms with Crippen molar-refractivity contribution in [2.75, 3.05) is 0 Å². The smallest absolute Gasteiger partial charge is 0.116 e. The molecule has 0 aliphatic heterocycles. The van der Waals surface area contributed by atoms with E-state index in [1.54, 1.807) is 6.07 Å². The molecule has 0 aromatic heterocycles. The van der Waals surface area contributed by atoms with Crippen LogP contribution in [0, 0.1) is 0 Å². The van der Waals surface area contributed by atoms with Crippen molar-refractivity contribution in [3.05, 3.63) is 90.0 Å². The van der Waals surface area contributed by atoms with Crippen molar-refractivity contribution >= 4 is 10.8 Å². The molecule has 1 heteroatoms. The molecule has 0 heterocycles. The monoisotopic (exact) mass is 336 g/mol. The van der Waals surface area contributed by atoms with Crippen LogP contribution in [0.3, 0.4) is 0 Å². The first-order valence-corrected chi connectivity index (χ1v) is 9.02. The average Bonchev–Trinajstić information content (AvgIpc) is 2.89. The van der Waals surface area contributed by atoms with Gasteiger partial charge in [0.15, 0.2) is 0 Å². The van der Waals surface area contributed by atoms with Gasteiger partial charge in [0.05, 0.1) is 0 Å². The van der Waals surface area contributed by atoms with E-state index in [4.69, 9.17) is 0 Å². The number of phenols is 1. The number of hydrogen-bond donors (Lipinski definition) is 1. The van der Waals surface area contributed by atoms with Gasteiger partial charge in [-0.3, -0.25) is 0 Å². The largest absolute Gasteiger partial charge is 0.508 e. The minimum absolute atomic E-state index is 0.0110. The molecule has 0 amide bonds. The van der Waals surface area contributed by atoms with E-state index in [9.17, 15) is 5.11 Å². The zero-order valence-electron chi connectivity index (χ0n) is 15.0. The fourth-order valence-electron chi connectivity index (χ4n) is 4.30. The average molecular weight is 336 g/mol. The van der Waals surface area contributed by atoms with E-state index >= 15 is 0 Å². The summed E-state index contributed by atoms with van der Waals surface area (Å²) in [6, 6.07) is 27.5. The highest BCUT2D eigenvalue weighted by Gasteiger charge is 2.35. The summed E-state index contributed by atoms with van der Waals surface area (Å²) in [4.78, 5) is 0. The van der Waals surface area contributed by atoms with Crippen LogP contribution in [0.1, 0.15) is 25.0 Å². The van der Waals surface area contributed by atoms with Crippen LogP contribution in [0.5, 0.6) is 5.75 Å². The summed E-state index contributed by atoms with van der Waals surface area (Å²) in [5, 5.41) is 12.0. The Balaban J connectivity index is 1.68. The van der Waals surface area contributed by atoms with Crippen LogP contribution in [0.2, 0.25) is 0 Å². The van der Waals surface area contributed by atoms with Gasteiger partial charge in [0.2, 0.25) is 0 Å². The van der Waals surface area contributed by atoms with Gasteiger partial charge in [0, 0.05) is 5.41 Å². The van der Waals surface area contributed by atoms with Crippen LogP contribution in [-0.4, -0.2) is 5.11 Å². The van der Waals surface area contributed by atoms with E-state index < -0.39 is 0 Å². The van der Waals surface area contributed by atoms with Gasteiger partial charge in [0.25, 0.3) is 0 Å². The molecular weight excluding hydrogens is 316 g/mol. The summed E-state index contributed by atoms with van der Waals surface area (Å²) < 4.78 is 0. The van der Waals surface area contributed by atoms with Gasteiger partial charge >= 0.3 is 0 Å². The summed E-state index contributed by atoms with van der Waals surface area (Å²) in [5.74, 6) is 0.306. The molecule has 0 spiro atoms. The summed E-state index contributed by atoms with van der Waals surface area (Å²) in [6.45, 7) is 4.61. The molecule has 126 valence electrons. The van der Waals surface area contributed by atoms with Crippen LogP contribution in [0.25, 0.3) is 33.0 Å². The van der Waals surface area contributed by atoms with Gasteiger partial charge in [-0.15, -0.1) is 0 Å². The summed E-state index contributed by atoms with van der Waals surface area (Å²) in [6.07, 6.45) is 0. The lowest BCUT2D eigenvalue weighted by molar-refractivity contribution is 0.476. The Bertz CT molecular complexity index is 1170. The molecule has 0 bridgehead atoms. The lowest BCUT2D eigenvalue weighted by Crippen LogP contribution is -2.14. The number of benzene rings is 4. The minimum atomic E-state index is 0.0110. The first-order chi connectivity index (χ1) is 12.5. The molecule has 4 aromatic carbocycles. The second-order valence-corrected chi connectivity index (χ2v) is 7.68. The van der Waals surface area contributed by atoms with Crippen LogP contribution in [-0.2, 0) is 5.41 Å². The molecule has 1 aliphatic rings. The van der Waals surface area contributed by atoms with Crippen LogP contribution in [0.4, 0.5) is 0 Å². The van der Waals surface area contributed by atoms with Gasteiger partial charge in [-0.05, 0) is 68.4 Å². The Morgan fingerprint density at radius 1 is 0.615 bits per heavy atom. The Labute approximate surface area is 153 Å². The third-order valence-electron chi connectivity index (χ3n) is 5.74. The normalized spacial score (nSPS) is 14.2. The van der Waals surface area contributed by atoms with Gasteiger partial charge in [-0.25, -0.2) is 0 Å². The fraction of sp³-hybridized carbons (Fsp3) is 0.120. The maximum atomic E-state index is 9.79.